The molecule has 6 nitrogen and oxygen atoms in total. The van der Waals surface area contributed by atoms with Crippen molar-refractivity contribution in [2.75, 3.05) is 12.4 Å². The maximum Gasteiger partial charge on any atom is 0.209 e. The fourth-order valence-electron chi connectivity index (χ4n) is 1.66. The zero-order valence-corrected chi connectivity index (χ0v) is 12.4. The Balaban J connectivity index is 2.21. The van der Waals surface area contributed by atoms with Crippen LogP contribution < -0.4 is 9.88 Å². The molecule has 1 atom stereocenters. The number of aromatic nitrogens is 2. The van der Waals surface area contributed by atoms with Crippen molar-refractivity contribution in [2.45, 2.75) is 39.7 Å². The van der Waals surface area contributed by atoms with Crippen molar-refractivity contribution < 1.29 is 13.2 Å². The monoisotopic (exact) mass is 289 g/mol. The van der Waals surface area contributed by atoms with Gasteiger partial charge in [0.1, 0.15) is 0 Å². The van der Waals surface area contributed by atoms with Crippen LogP contribution in [0, 0.1) is 5.92 Å². The zero-order valence-electron chi connectivity index (χ0n) is 11.6. The van der Waals surface area contributed by atoms with E-state index in [-0.39, 0.29) is 11.7 Å². The second-order valence-corrected chi connectivity index (χ2v) is 6.57. The van der Waals surface area contributed by atoms with Gasteiger partial charge in [-0.05, 0) is 25.2 Å². The van der Waals surface area contributed by atoms with Gasteiger partial charge >= 0.3 is 0 Å². The first-order valence-electron chi connectivity index (χ1n) is 6.56. The number of primary sulfonamides is 1. The average Bonchev–Trinajstić information content (AvgIpc) is 2.74. The van der Waals surface area contributed by atoms with Gasteiger partial charge in [0.25, 0.3) is 0 Å². The van der Waals surface area contributed by atoms with E-state index in [4.69, 9.17) is 9.88 Å². The second kappa shape index (κ2) is 7.49. The highest BCUT2D eigenvalue weighted by Gasteiger charge is 2.08. The van der Waals surface area contributed by atoms with Crippen LogP contribution >= 0.6 is 0 Å². The molecule has 0 saturated heterocycles. The quantitative estimate of drug-likeness (QED) is 0.744. The molecule has 0 amide bonds. The van der Waals surface area contributed by atoms with Gasteiger partial charge in [0.2, 0.25) is 10.0 Å². The van der Waals surface area contributed by atoms with E-state index in [2.05, 4.69) is 12.0 Å². The zero-order chi connectivity index (χ0) is 14.3. The Hall–Kier alpha value is -1.08. The molecule has 19 heavy (non-hydrogen) atoms. The molecule has 0 aromatic carbocycles. The molecule has 0 spiro atoms. The van der Waals surface area contributed by atoms with Crippen LogP contribution in [0.4, 0.5) is 0 Å². The van der Waals surface area contributed by atoms with Crippen LogP contribution in [-0.4, -0.2) is 30.6 Å². The van der Waals surface area contributed by atoms with E-state index in [1.807, 2.05) is 17.8 Å². The Morgan fingerprint density at radius 2 is 2.21 bits per heavy atom. The second-order valence-electron chi connectivity index (χ2n) is 4.84. The summed E-state index contributed by atoms with van der Waals surface area (Å²) in [7, 11) is -3.35. The molecule has 0 bridgehead atoms. The van der Waals surface area contributed by atoms with Gasteiger partial charge in [0, 0.05) is 6.54 Å². The van der Waals surface area contributed by atoms with Crippen LogP contribution in [0.2, 0.25) is 0 Å². The SMILES string of the molecule is CCCn1cc(OCCC(C)CCS(N)(=O)=O)cn1. The lowest BCUT2D eigenvalue weighted by Crippen LogP contribution is -2.18. The number of nitrogens with two attached hydrogens (primary N) is 1. The van der Waals surface area contributed by atoms with Crippen molar-refractivity contribution in [3.63, 3.8) is 0 Å². The highest BCUT2D eigenvalue weighted by atomic mass is 32.2. The minimum atomic E-state index is -3.35. The van der Waals surface area contributed by atoms with E-state index in [0.717, 1.165) is 25.1 Å². The lowest BCUT2D eigenvalue weighted by molar-refractivity contribution is 0.281. The molecular weight excluding hydrogens is 266 g/mol. The molecule has 110 valence electrons. The molecule has 1 aromatic heterocycles. The van der Waals surface area contributed by atoms with Crippen molar-refractivity contribution >= 4 is 10.0 Å². The summed E-state index contributed by atoms with van der Waals surface area (Å²) in [6.45, 7) is 5.53. The third-order valence-electron chi connectivity index (χ3n) is 2.84. The van der Waals surface area contributed by atoms with Crippen LogP contribution in [0.1, 0.15) is 33.1 Å². The first kappa shape index (κ1) is 16.0. The smallest absolute Gasteiger partial charge is 0.209 e. The van der Waals surface area contributed by atoms with Crippen LogP contribution in [0.5, 0.6) is 5.75 Å². The van der Waals surface area contributed by atoms with Gasteiger partial charge in [0.15, 0.2) is 5.75 Å². The standard InChI is InChI=1S/C12H23N3O3S/c1-3-6-15-10-12(9-14-15)18-7-4-11(2)5-8-19(13,16)17/h9-11H,3-8H2,1-2H3,(H2,13,16,17). The van der Waals surface area contributed by atoms with Gasteiger partial charge in [-0.2, -0.15) is 5.10 Å². The van der Waals surface area contributed by atoms with Gasteiger partial charge in [0.05, 0.1) is 24.8 Å². The summed E-state index contributed by atoms with van der Waals surface area (Å²) in [5.74, 6) is 1.05. The summed E-state index contributed by atoms with van der Waals surface area (Å²) >= 11 is 0. The van der Waals surface area contributed by atoms with Crippen LogP contribution in [0.25, 0.3) is 0 Å². The van der Waals surface area contributed by atoms with Gasteiger partial charge < -0.3 is 4.74 Å². The number of rotatable bonds is 9. The Morgan fingerprint density at radius 1 is 1.47 bits per heavy atom. The molecule has 7 heteroatoms. The molecule has 2 N–H and O–H groups in total. The Kier molecular flexibility index (Phi) is 6.30. The maximum atomic E-state index is 10.8. The van der Waals surface area contributed by atoms with Crippen molar-refractivity contribution in [1.82, 2.24) is 9.78 Å². The van der Waals surface area contributed by atoms with Gasteiger partial charge in [-0.25, -0.2) is 13.6 Å². The lowest BCUT2D eigenvalue weighted by atomic mass is 10.1. The summed E-state index contributed by atoms with van der Waals surface area (Å²) in [5.41, 5.74) is 0. The number of aryl methyl sites for hydroxylation is 1. The predicted octanol–water partition coefficient (Wildman–Crippen LogP) is 1.38. The maximum absolute atomic E-state index is 10.8. The summed E-state index contributed by atoms with van der Waals surface area (Å²) in [6.07, 6.45) is 5.97. The third kappa shape index (κ3) is 7.17. The molecule has 1 unspecified atom stereocenters. The van der Waals surface area contributed by atoms with E-state index < -0.39 is 10.0 Å². The predicted molar refractivity (Wildman–Crippen MR) is 74.4 cm³/mol. The molecule has 0 saturated carbocycles. The molecular formula is C12H23N3O3S. The van der Waals surface area contributed by atoms with E-state index in [0.29, 0.717) is 13.0 Å². The summed E-state index contributed by atoms with van der Waals surface area (Å²) in [5, 5.41) is 9.13. The molecule has 0 aliphatic heterocycles. The summed E-state index contributed by atoms with van der Waals surface area (Å²) in [6, 6.07) is 0. The van der Waals surface area contributed by atoms with Crippen LogP contribution in [0.3, 0.4) is 0 Å². The van der Waals surface area contributed by atoms with E-state index in [9.17, 15) is 8.42 Å². The molecule has 1 aromatic rings. The van der Waals surface area contributed by atoms with Gasteiger partial charge in [-0.1, -0.05) is 13.8 Å². The van der Waals surface area contributed by atoms with Gasteiger partial charge in [-0.3, -0.25) is 4.68 Å². The van der Waals surface area contributed by atoms with Crippen molar-refractivity contribution in [1.29, 1.82) is 0 Å². The summed E-state index contributed by atoms with van der Waals surface area (Å²) < 4.78 is 29.1. The molecule has 0 radical (unpaired) electrons. The Labute approximate surface area is 115 Å². The lowest BCUT2D eigenvalue weighted by Gasteiger charge is -2.10. The molecule has 0 fully saturated rings. The highest BCUT2D eigenvalue weighted by molar-refractivity contribution is 7.89. The first-order valence-corrected chi connectivity index (χ1v) is 8.28. The summed E-state index contributed by atoms with van der Waals surface area (Å²) in [4.78, 5) is 0. The molecule has 1 heterocycles. The number of sulfonamides is 1. The van der Waals surface area contributed by atoms with E-state index in [1.165, 1.54) is 0 Å². The number of ether oxygens (including phenoxy) is 1. The van der Waals surface area contributed by atoms with Crippen molar-refractivity contribution in [2.24, 2.45) is 11.1 Å². The normalized spacial score (nSPS) is 13.4. The Morgan fingerprint density at radius 3 is 2.84 bits per heavy atom. The third-order valence-corrected chi connectivity index (χ3v) is 3.64. The minimum absolute atomic E-state index is 0.0304. The minimum Gasteiger partial charge on any atom is -0.490 e. The van der Waals surface area contributed by atoms with Crippen molar-refractivity contribution in [3.8, 4) is 5.75 Å². The van der Waals surface area contributed by atoms with Crippen molar-refractivity contribution in [3.05, 3.63) is 12.4 Å². The first-order chi connectivity index (χ1) is 8.90. The van der Waals surface area contributed by atoms with Crippen LogP contribution in [-0.2, 0) is 16.6 Å². The topological polar surface area (TPSA) is 87.2 Å². The average molecular weight is 289 g/mol. The van der Waals surface area contributed by atoms with E-state index in [1.54, 1.807) is 6.20 Å². The van der Waals surface area contributed by atoms with E-state index >= 15 is 0 Å². The highest BCUT2D eigenvalue weighted by Crippen LogP contribution is 2.12. The largest absolute Gasteiger partial charge is 0.490 e. The molecule has 1 rings (SSSR count). The van der Waals surface area contributed by atoms with Crippen LogP contribution in [0.15, 0.2) is 12.4 Å². The van der Waals surface area contributed by atoms with Gasteiger partial charge in [-0.15, -0.1) is 0 Å². The molecule has 0 aliphatic carbocycles. The fraction of sp³-hybridized carbons (Fsp3) is 0.750. The fourth-order valence-corrected chi connectivity index (χ4v) is 2.39. The number of hydrogen-bond acceptors (Lipinski definition) is 4. The number of nitrogens with zero attached hydrogens (tertiary/aromatic N) is 2. The number of hydrogen-bond donors (Lipinski definition) is 1. The molecule has 0 aliphatic rings. The Bertz CT molecular complexity index is 470.